The maximum absolute atomic E-state index is 12.2. The average molecular weight is 257 g/mol. The zero-order chi connectivity index (χ0) is 13.2. The number of methoxy groups -OCH3 is 1. The van der Waals surface area contributed by atoms with Gasteiger partial charge in [0, 0.05) is 19.5 Å². The Morgan fingerprint density at radius 3 is 2.65 bits per heavy atom. The number of hydrogen-bond donors (Lipinski definition) is 2. The van der Waals surface area contributed by atoms with Crippen molar-refractivity contribution in [3.63, 3.8) is 0 Å². The number of β-amino-alcohol motifs (C(OH)–C–C–N with tert-alkyl or cyclic N) is 2. The topological polar surface area (TPSA) is 70.0 Å². The molecule has 0 aliphatic carbocycles. The Hall–Kier alpha value is -0.860. The third-order valence-corrected chi connectivity index (χ3v) is 2.64. The molecule has 8 heteroatoms. The van der Waals surface area contributed by atoms with Gasteiger partial charge < -0.3 is 14.9 Å². The second kappa shape index (κ2) is 5.19. The predicted octanol–water partition coefficient (Wildman–Crippen LogP) is -0.482. The minimum absolute atomic E-state index is 0.0112. The minimum Gasteiger partial charge on any atom is -0.468 e. The Morgan fingerprint density at radius 2 is 2.18 bits per heavy atom. The molecule has 1 saturated heterocycles. The highest BCUT2D eigenvalue weighted by Gasteiger charge is 2.44. The second-order valence-electron chi connectivity index (χ2n) is 3.94. The summed E-state index contributed by atoms with van der Waals surface area (Å²) < 4.78 is 40.9. The van der Waals surface area contributed by atoms with Crippen LogP contribution >= 0.6 is 0 Å². The van der Waals surface area contributed by atoms with Gasteiger partial charge in [-0.2, -0.15) is 13.2 Å². The van der Waals surface area contributed by atoms with Crippen molar-refractivity contribution in [1.82, 2.24) is 4.90 Å². The van der Waals surface area contributed by atoms with Gasteiger partial charge in [-0.15, -0.1) is 0 Å². The summed E-state index contributed by atoms with van der Waals surface area (Å²) in [7, 11) is 1.12. The molecule has 17 heavy (non-hydrogen) atoms. The van der Waals surface area contributed by atoms with Crippen LogP contribution in [0.5, 0.6) is 0 Å². The first kappa shape index (κ1) is 14.2. The van der Waals surface area contributed by atoms with E-state index in [-0.39, 0.29) is 13.0 Å². The molecule has 1 aliphatic heterocycles. The standard InChI is InChI=1S/C9H14F3NO4/c1-17-8(16)6-2-5(14)3-13(6)4-7(15)9(10,11)12/h5-7,14-15H,2-4H2,1H3/t5-,6-,7+/m1/s1. The number of halogens is 3. The van der Waals surface area contributed by atoms with E-state index < -0.39 is 36.9 Å². The Kier molecular flexibility index (Phi) is 4.34. The lowest BCUT2D eigenvalue weighted by molar-refractivity contribution is -0.209. The summed E-state index contributed by atoms with van der Waals surface area (Å²) in [6.07, 6.45) is -8.16. The van der Waals surface area contributed by atoms with Crippen molar-refractivity contribution in [2.45, 2.75) is 30.8 Å². The monoisotopic (exact) mass is 257 g/mol. The van der Waals surface area contributed by atoms with Gasteiger partial charge in [-0.3, -0.25) is 9.69 Å². The third kappa shape index (κ3) is 3.55. The van der Waals surface area contributed by atoms with Crippen LogP contribution in [-0.4, -0.2) is 65.7 Å². The van der Waals surface area contributed by atoms with Gasteiger partial charge in [-0.1, -0.05) is 0 Å². The summed E-state index contributed by atoms with van der Waals surface area (Å²) >= 11 is 0. The molecule has 0 unspecified atom stereocenters. The molecule has 0 saturated carbocycles. The fourth-order valence-corrected chi connectivity index (χ4v) is 1.79. The molecule has 0 aromatic heterocycles. The number of ether oxygens (including phenoxy) is 1. The van der Waals surface area contributed by atoms with Crippen LogP contribution in [0.15, 0.2) is 0 Å². The van der Waals surface area contributed by atoms with E-state index in [1.807, 2.05) is 0 Å². The number of carbonyl (C=O) groups is 1. The van der Waals surface area contributed by atoms with Gasteiger partial charge in [-0.25, -0.2) is 0 Å². The van der Waals surface area contributed by atoms with E-state index in [1.165, 1.54) is 0 Å². The largest absolute Gasteiger partial charge is 0.468 e. The van der Waals surface area contributed by atoms with E-state index in [4.69, 9.17) is 5.11 Å². The zero-order valence-electron chi connectivity index (χ0n) is 9.15. The fraction of sp³-hybridized carbons (Fsp3) is 0.889. The van der Waals surface area contributed by atoms with E-state index in [0.29, 0.717) is 0 Å². The van der Waals surface area contributed by atoms with Crippen LogP contribution in [0.4, 0.5) is 13.2 Å². The van der Waals surface area contributed by atoms with Crippen LogP contribution in [0.2, 0.25) is 0 Å². The van der Waals surface area contributed by atoms with Crippen LogP contribution in [0.25, 0.3) is 0 Å². The van der Waals surface area contributed by atoms with E-state index in [1.54, 1.807) is 0 Å². The van der Waals surface area contributed by atoms with Crippen LogP contribution in [0.1, 0.15) is 6.42 Å². The molecule has 3 atom stereocenters. The van der Waals surface area contributed by atoms with Gasteiger partial charge in [0.05, 0.1) is 13.2 Å². The van der Waals surface area contributed by atoms with Gasteiger partial charge in [-0.05, 0) is 0 Å². The molecular weight excluding hydrogens is 243 g/mol. The van der Waals surface area contributed by atoms with Gasteiger partial charge in [0.25, 0.3) is 0 Å². The summed E-state index contributed by atoms with van der Waals surface area (Å²) in [5.41, 5.74) is 0. The van der Waals surface area contributed by atoms with Crippen LogP contribution in [0.3, 0.4) is 0 Å². The highest BCUT2D eigenvalue weighted by atomic mass is 19.4. The summed E-state index contributed by atoms with van der Waals surface area (Å²) in [5, 5.41) is 18.2. The number of aliphatic hydroxyl groups is 2. The minimum atomic E-state index is -4.74. The Labute approximate surface area is 95.8 Å². The van der Waals surface area contributed by atoms with E-state index in [2.05, 4.69) is 4.74 Å². The van der Waals surface area contributed by atoms with Crippen molar-refractivity contribution < 1.29 is 32.9 Å². The van der Waals surface area contributed by atoms with Crippen molar-refractivity contribution in [1.29, 1.82) is 0 Å². The summed E-state index contributed by atoms with van der Waals surface area (Å²) in [4.78, 5) is 12.3. The molecule has 0 spiro atoms. The first-order valence-corrected chi connectivity index (χ1v) is 5.00. The van der Waals surface area contributed by atoms with E-state index in [9.17, 15) is 23.1 Å². The van der Waals surface area contributed by atoms with Crippen LogP contribution < -0.4 is 0 Å². The molecule has 0 bridgehead atoms. The van der Waals surface area contributed by atoms with Crippen LogP contribution in [-0.2, 0) is 9.53 Å². The molecule has 1 fully saturated rings. The lowest BCUT2D eigenvalue weighted by Gasteiger charge is -2.25. The molecular formula is C9H14F3NO4. The number of alkyl halides is 3. The smallest absolute Gasteiger partial charge is 0.415 e. The van der Waals surface area contributed by atoms with Crippen molar-refractivity contribution in [2.24, 2.45) is 0 Å². The molecule has 1 aliphatic rings. The molecule has 5 nitrogen and oxygen atoms in total. The van der Waals surface area contributed by atoms with Gasteiger partial charge >= 0.3 is 12.1 Å². The average Bonchev–Trinajstić information content (AvgIpc) is 2.57. The summed E-state index contributed by atoms with van der Waals surface area (Å²) in [6, 6.07) is -0.938. The molecule has 2 N–H and O–H groups in total. The van der Waals surface area contributed by atoms with Gasteiger partial charge in [0.1, 0.15) is 6.04 Å². The van der Waals surface area contributed by atoms with Crippen LogP contribution in [0, 0.1) is 0 Å². The molecule has 0 amide bonds. The molecule has 0 aromatic rings. The fourth-order valence-electron chi connectivity index (χ4n) is 1.79. The normalized spacial score (nSPS) is 28.1. The Morgan fingerprint density at radius 1 is 1.59 bits per heavy atom. The number of nitrogens with zero attached hydrogens (tertiary/aromatic N) is 1. The van der Waals surface area contributed by atoms with Gasteiger partial charge in [0.2, 0.25) is 0 Å². The van der Waals surface area contributed by atoms with E-state index in [0.717, 1.165) is 12.0 Å². The highest BCUT2D eigenvalue weighted by Crippen LogP contribution is 2.25. The highest BCUT2D eigenvalue weighted by molar-refractivity contribution is 5.76. The zero-order valence-corrected chi connectivity index (χ0v) is 9.15. The van der Waals surface area contributed by atoms with Crippen molar-refractivity contribution in [2.75, 3.05) is 20.2 Å². The quantitative estimate of drug-likeness (QED) is 0.668. The summed E-state index contributed by atoms with van der Waals surface area (Å²) in [6.45, 7) is -0.840. The number of rotatable bonds is 3. The predicted molar refractivity (Wildman–Crippen MR) is 50.1 cm³/mol. The maximum Gasteiger partial charge on any atom is 0.415 e. The SMILES string of the molecule is COC(=O)[C@H]1C[C@@H](O)CN1C[C@H](O)C(F)(F)F. The Balaban J connectivity index is 2.65. The molecule has 100 valence electrons. The molecule has 1 rings (SSSR count). The number of likely N-dealkylation sites (tertiary alicyclic amines) is 1. The van der Waals surface area contributed by atoms with Crippen molar-refractivity contribution >= 4 is 5.97 Å². The lowest BCUT2D eigenvalue weighted by atomic mass is 10.2. The number of esters is 1. The summed E-state index contributed by atoms with van der Waals surface area (Å²) in [5.74, 6) is -0.712. The van der Waals surface area contributed by atoms with Gasteiger partial charge in [0.15, 0.2) is 6.10 Å². The lowest BCUT2D eigenvalue weighted by Crippen LogP contribution is -2.45. The first-order valence-electron chi connectivity index (χ1n) is 5.00. The second-order valence-corrected chi connectivity index (χ2v) is 3.94. The van der Waals surface area contributed by atoms with Crippen molar-refractivity contribution in [3.05, 3.63) is 0 Å². The third-order valence-electron chi connectivity index (χ3n) is 2.64. The number of aliphatic hydroxyl groups excluding tert-OH is 2. The maximum atomic E-state index is 12.2. The van der Waals surface area contributed by atoms with E-state index >= 15 is 0 Å². The first-order chi connectivity index (χ1) is 7.75. The number of hydrogen-bond acceptors (Lipinski definition) is 5. The molecule has 1 heterocycles. The molecule has 0 radical (unpaired) electrons. The number of carbonyl (C=O) groups excluding carboxylic acids is 1. The molecule has 0 aromatic carbocycles. The van der Waals surface area contributed by atoms with Crippen molar-refractivity contribution in [3.8, 4) is 0 Å². The Bertz CT molecular complexity index is 284.